The van der Waals surface area contributed by atoms with Gasteiger partial charge in [0.2, 0.25) is 0 Å². The van der Waals surface area contributed by atoms with Gasteiger partial charge in [0, 0.05) is 16.3 Å². The Morgan fingerprint density at radius 2 is 1.20 bits per heavy atom. The van der Waals surface area contributed by atoms with Crippen molar-refractivity contribution >= 4 is 33.5 Å². The summed E-state index contributed by atoms with van der Waals surface area (Å²) >= 11 is 0. The molecule has 1 aliphatic carbocycles. The second-order valence-electron chi connectivity index (χ2n) is 12.8. The minimum Gasteiger partial charge on any atom is -0.308 e. The summed E-state index contributed by atoms with van der Waals surface area (Å²) in [6.45, 7) is 0. The van der Waals surface area contributed by atoms with E-state index in [1.807, 2.05) is 48.5 Å². The third-order valence-electron chi connectivity index (χ3n) is 9.87. The van der Waals surface area contributed by atoms with E-state index in [0.29, 0.717) is 11.1 Å². The van der Waals surface area contributed by atoms with Gasteiger partial charge in [-0.2, -0.15) is 10.5 Å². The number of rotatable bonds is 4. The van der Waals surface area contributed by atoms with Crippen molar-refractivity contribution in [1.29, 1.82) is 10.5 Å². The summed E-state index contributed by atoms with van der Waals surface area (Å²) in [6.07, 6.45) is 3.17. The number of hydrogen-bond donors (Lipinski definition) is 0. The zero-order chi connectivity index (χ0) is 33.6. The number of benzene rings is 7. The summed E-state index contributed by atoms with van der Waals surface area (Å²) < 4.78 is 2.16. The van der Waals surface area contributed by atoms with Gasteiger partial charge in [0.05, 0.1) is 33.9 Å². The molecule has 0 N–H and O–H groups in total. The van der Waals surface area contributed by atoms with E-state index in [0.717, 1.165) is 61.7 Å². The Bertz CT molecular complexity index is 2750. The Hall–Kier alpha value is -6.94. The van der Waals surface area contributed by atoms with Crippen LogP contribution in [-0.2, 0) is 6.42 Å². The van der Waals surface area contributed by atoms with E-state index in [1.165, 1.54) is 27.8 Å². The molecular weight excluding hydrogens is 607 g/mol. The molecule has 0 bridgehead atoms. The minimum absolute atomic E-state index is 0.597. The van der Waals surface area contributed by atoms with Gasteiger partial charge in [-0.3, -0.25) is 0 Å². The molecule has 0 spiro atoms. The number of nitrogens with zero attached hydrogens (tertiary/aromatic N) is 3. The summed E-state index contributed by atoms with van der Waals surface area (Å²) in [5.41, 5.74) is 15.5. The van der Waals surface area contributed by atoms with Gasteiger partial charge in [0.15, 0.2) is 0 Å². The topological polar surface area (TPSA) is 52.5 Å². The molecule has 232 valence electrons. The molecule has 0 unspecified atom stereocenters. The number of fused-ring (bicyclic) bond motifs is 6. The van der Waals surface area contributed by atoms with E-state index < -0.39 is 0 Å². The molecule has 50 heavy (non-hydrogen) atoms. The number of hydrogen-bond acceptors (Lipinski definition) is 2. The van der Waals surface area contributed by atoms with Crippen LogP contribution in [-0.4, -0.2) is 4.57 Å². The monoisotopic (exact) mass is 635 g/mol. The van der Waals surface area contributed by atoms with Crippen LogP contribution in [0.5, 0.6) is 0 Å². The van der Waals surface area contributed by atoms with Crippen LogP contribution in [0.1, 0.15) is 27.8 Å². The Balaban J connectivity index is 1.26. The predicted octanol–water partition coefficient (Wildman–Crippen LogP) is 11.6. The van der Waals surface area contributed by atoms with E-state index in [2.05, 4.69) is 132 Å². The van der Waals surface area contributed by atoms with Crippen molar-refractivity contribution < 1.29 is 0 Å². The van der Waals surface area contributed by atoms with Crippen molar-refractivity contribution in [3.63, 3.8) is 0 Å². The Morgan fingerprint density at radius 1 is 0.500 bits per heavy atom. The van der Waals surface area contributed by atoms with Crippen LogP contribution in [0.3, 0.4) is 0 Å². The SMILES string of the molecule is N#Cc1ccc2c(c1)c1ccccc1n2-c1cccc(-c2cc(/C=C3/Cc4ccccc4-c4ccccc43)cc(-c3ccccc3)c2)c1C#N. The maximum Gasteiger partial charge on any atom is 0.102 e. The van der Waals surface area contributed by atoms with Crippen molar-refractivity contribution in [1.82, 2.24) is 4.57 Å². The van der Waals surface area contributed by atoms with Gasteiger partial charge in [-0.05, 0) is 105 Å². The smallest absolute Gasteiger partial charge is 0.102 e. The van der Waals surface area contributed by atoms with Crippen molar-refractivity contribution in [2.24, 2.45) is 0 Å². The highest BCUT2D eigenvalue weighted by Gasteiger charge is 2.21. The quantitative estimate of drug-likeness (QED) is 0.193. The molecule has 0 amide bonds. The van der Waals surface area contributed by atoms with Gasteiger partial charge in [-0.15, -0.1) is 0 Å². The molecule has 3 nitrogen and oxygen atoms in total. The van der Waals surface area contributed by atoms with Crippen LogP contribution >= 0.6 is 0 Å². The van der Waals surface area contributed by atoms with E-state index in [4.69, 9.17) is 0 Å². The van der Waals surface area contributed by atoms with Crippen LogP contribution in [0.4, 0.5) is 0 Å². The third-order valence-corrected chi connectivity index (χ3v) is 9.87. The highest BCUT2D eigenvalue weighted by atomic mass is 15.0. The maximum atomic E-state index is 10.9. The van der Waals surface area contributed by atoms with Crippen LogP contribution in [0.25, 0.3) is 72.5 Å². The van der Waals surface area contributed by atoms with Gasteiger partial charge in [0.25, 0.3) is 0 Å². The molecule has 0 saturated heterocycles. The van der Waals surface area contributed by atoms with Crippen LogP contribution in [0, 0.1) is 22.7 Å². The lowest BCUT2D eigenvalue weighted by Gasteiger charge is -2.23. The first-order chi connectivity index (χ1) is 24.7. The van der Waals surface area contributed by atoms with Gasteiger partial charge < -0.3 is 4.57 Å². The van der Waals surface area contributed by atoms with Crippen molar-refractivity contribution in [3.05, 3.63) is 186 Å². The molecule has 1 aliphatic rings. The lowest BCUT2D eigenvalue weighted by Crippen LogP contribution is -2.03. The van der Waals surface area contributed by atoms with E-state index in [1.54, 1.807) is 0 Å². The zero-order valence-corrected chi connectivity index (χ0v) is 27.1. The van der Waals surface area contributed by atoms with Gasteiger partial charge in [-0.1, -0.05) is 115 Å². The fourth-order valence-electron chi connectivity index (χ4n) is 7.64. The first kappa shape index (κ1) is 29.2. The van der Waals surface area contributed by atoms with Crippen molar-refractivity contribution in [2.75, 3.05) is 0 Å². The molecule has 0 fully saturated rings. The predicted molar refractivity (Wildman–Crippen MR) is 205 cm³/mol. The normalized spacial score (nSPS) is 12.7. The van der Waals surface area contributed by atoms with Crippen molar-refractivity contribution in [2.45, 2.75) is 6.42 Å². The largest absolute Gasteiger partial charge is 0.308 e. The molecule has 0 aliphatic heterocycles. The van der Waals surface area contributed by atoms with Crippen LogP contribution in [0.2, 0.25) is 0 Å². The second-order valence-corrected chi connectivity index (χ2v) is 12.8. The molecule has 1 aromatic heterocycles. The van der Waals surface area contributed by atoms with Crippen LogP contribution < -0.4 is 0 Å². The first-order valence-corrected chi connectivity index (χ1v) is 16.8. The van der Waals surface area contributed by atoms with E-state index in [-0.39, 0.29) is 0 Å². The molecule has 8 aromatic rings. The fraction of sp³-hybridized carbons (Fsp3) is 0.0213. The summed E-state index contributed by atoms with van der Waals surface area (Å²) in [5, 5.41) is 22.6. The molecular formula is C47H29N3. The molecule has 0 radical (unpaired) electrons. The highest BCUT2D eigenvalue weighted by molar-refractivity contribution is 6.10. The van der Waals surface area contributed by atoms with Crippen LogP contribution in [0.15, 0.2) is 158 Å². The highest BCUT2D eigenvalue weighted by Crippen LogP contribution is 2.41. The second kappa shape index (κ2) is 11.9. The molecule has 3 heteroatoms. The zero-order valence-electron chi connectivity index (χ0n) is 27.1. The number of para-hydroxylation sites is 1. The maximum absolute atomic E-state index is 10.9. The summed E-state index contributed by atoms with van der Waals surface area (Å²) in [6, 6.07) is 59.4. The summed E-state index contributed by atoms with van der Waals surface area (Å²) in [5.74, 6) is 0. The van der Waals surface area contributed by atoms with Gasteiger partial charge in [0.1, 0.15) is 6.07 Å². The van der Waals surface area contributed by atoms with Gasteiger partial charge >= 0.3 is 0 Å². The average Bonchev–Trinajstić information content (AvgIpc) is 3.51. The van der Waals surface area contributed by atoms with Crippen molar-refractivity contribution in [3.8, 4) is 51.2 Å². The molecule has 0 saturated carbocycles. The summed E-state index contributed by atoms with van der Waals surface area (Å²) in [7, 11) is 0. The average molecular weight is 636 g/mol. The Morgan fingerprint density at radius 3 is 2.04 bits per heavy atom. The minimum atomic E-state index is 0.597. The number of nitriles is 2. The van der Waals surface area contributed by atoms with E-state index >= 15 is 0 Å². The Labute approximate surface area is 290 Å². The standard InChI is InChI=1S/C47H29N3/c48-29-31-21-22-47-43(26-31)42-17-8-9-19-45(42)50(47)46-20-10-18-40(44(46)30-49)37-25-32(23-35(28-37)33-11-2-1-3-12-33)24-36-27-34-13-4-5-14-38(34)41-16-7-6-15-39(36)41/h1-26,28H,27H2/b36-24-. The molecule has 0 atom stereocenters. The lowest BCUT2D eigenvalue weighted by molar-refractivity contribution is 1.17. The number of allylic oxidation sites excluding steroid dienone is 1. The number of aromatic nitrogens is 1. The molecule has 9 rings (SSSR count). The summed E-state index contributed by atoms with van der Waals surface area (Å²) in [4.78, 5) is 0. The first-order valence-electron chi connectivity index (χ1n) is 16.8. The lowest BCUT2D eigenvalue weighted by atomic mass is 9.81. The fourth-order valence-corrected chi connectivity index (χ4v) is 7.64. The molecule has 7 aromatic carbocycles. The Kier molecular flexibility index (Phi) is 6.98. The molecule has 1 heterocycles. The van der Waals surface area contributed by atoms with E-state index in [9.17, 15) is 10.5 Å². The third kappa shape index (κ3) is 4.81. The van der Waals surface area contributed by atoms with Gasteiger partial charge in [-0.25, -0.2) is 0 Å².